The second kappa shape index (κ2) is 3.52. The van der Waals surface area contributed by atoms with Gasteiger partial charge in [-0.05, 0) is 18.2 Å². The van der Waals surface area contributed by atoms with Crippen LogP contribution in [0.25, 0.3) is 6.08 Å². The van der Waals surface area contributed by atoms with Crippen molar-refractivity contribution < 1.29 is 9.90 Å². The van der Waals surface area contributed by atoms with Crippen LogP contribution in [0.4, 0.5) is 5.69 Å². The minimum Gasteiger partial charge on any atom is -0.478 e. The van der Waals surface area contributed by atoms with Crippen LogP contribution < -0.4 is 5.73 Å². The van der Waals surface area contributed by atoms with Gasteiger partial charge < -0.3 is 10.8 Å². The first-order valence-corrected chi connectivity index (χ1v) is 3.31. The molecule has 0 aromatic carbocycles. The summed E-state index contributed by atoms with van der Waals surface area (Å²) in [6, 6.07) is 3.35. The molecule has 0 atom stereocenters. The number of nitrogens with two attached hydrogens (primary N) is 1. The van der Waals surface area contributed by atoms with Gasteiger partial charge in [-0.25, -0.2) is 4.79 Å². The van der Waals surface area contributed by atoms with Crippen LogP contribution >= 0.6 is 0 Å². The first-order valence-electron chi connectivity index (χ1n) is 3.31. The molecule has 0 unspecified atom stereocenters. The summed E-state index contributed by atoms with van der Waals surface area (Å²) in [5, 5.41) is 8.31. The minimum absolute atomic E-state index is 0.468. The van der Waals surface area contributed by atoms with Crippen LogP contribution in [0.2, 0.25) is 0 Å². The molecule has 12 heavy (non-hydrogen) atoms. The number of carboxylic acid groups (broad SMARTS) is 1. The van der Waals surface area contributed by atoms with Gasteiger partial charge in [-0.2, -0.15) is 0 Å². The maximum absolute atomic E-state index is 10.1. The monoisotopic (exact) mass is 164 g/mol. The van der Waals surface area contributed by atoms with Crippen molar-refractivity contribution in [3.8, 4) is 0 Å². The van der Waals surface area contributed by atoms with Gasteiger partial charge in [0.05, 0.1) is 11.4 Å². The van der Waals surface area contributed by atoms with Gasteiger partial charge >= 0.3 is 5.97 Å². The molecule has 0 saturated carbocycles. The number of nitrogens with zero attached hydrogens (tertiary/aromatic N) is 1. The van der Waals surface area contributed by atoms with E-state index in [4.69, 9.17) is 10.8 Å². The molecular weight excluding hydrogens is 156 g/mol. The number of hydrogen-bond acceptors (Lipinski definition) is 3. The van der Waals surface area contributed by atoms with E-state index in [1.807, 2.05) is 0 Å². The van der Waals surface area contributed by atoms with Gasteiger partial charge in [0.2, 0.25) is 0 Å². The number of aliphatic carboxylic acids is 1. The number of nitrogen functional groups attached to an aromatic ring is 1. The molecule has 0 aliphatic heterocycles. The van der Waals surface area contributed by atoms with Gasteiger partial charge in [-0.15, -0.1) is 0 Å². The molecule has 0 aliphatic rings. The van der Waals surface area contributed by atoms with E-state index in [1.54, 1.807) is 18.3 Å². The third kappa shape index (κ3) is 2.09. The number of aromatic nitrogens is 1. The zero-order valence-corrected chi connectivity index (χ0v) is 6.27. The Hall–Kier alpha value is -1.84. The predicted octanol–water partition coefficient (Wildman–Crippen LogP) is 0.762. The average Bonchev–Trinajstić information content (AvgIpc) is 2.03. The number of anilines is 1. The fraction of sp³-hybridized carbons (Fsp3) is 0. The molecule has 1 heterocycles. The quantitative estimate of drug-likeness (QED) is 0.633. The van der Waals surface area contributed by atoms with Crippen LogP contribution in [0, 0.1) is 0 Å². The summed E-state index contributed by atoms with van der Waals surface area (Å²) in [7, 11) is 0. The smallest absolute Gasteiger partial charge is 0.328 e. The summed E-state index contributed by atoms with van der Waals surface area (Å²) in [4.78, 5) is 14.0. The first kappa shape index (κ1) is 8.26. The Morgan fingerprint density at radius 1 is 1.67 bits per heavy atom. The molecule has 0 fully saturated rings. The highest BCUT2D eigenvalue weighted by atomic mass is 16.4. The van der Waals surface area contributed by atoms with Gasteiger partial charge in [0.25, 0.3) is 0 Å². The van der Waals surface area contributed by atoms with Crippen molar-refractivity contribution in [2.75, 3.05) is 5.73 Å². The first-order chi connectivity index (χ1) is 5.70. The van der Waals surface area contributed by atoms with Crippen molar-refractivity contribution >= 4 is 17.7 Å². The Labute approximate surface area is 69.4 Å². The molecule has 62 valence electrons. The summed E-state index contributed by atoms with van der Waals surface area (Å²) in [6.07, 6.45) is 3.91. The normalized spacial score (nSPS) is 10.3. The molecular formula is C8H8N2O2. The van der Waals surface area contributed by atoms with Crippen LogP contribution in [-0.4, -0.2) is 16.1 Å². The number of pyridine rings is 1. The van der Waals surface area contributed by atoms with Gasteiger partial charge in [-0.1, -0.05) is 0 Å². The van der Waals surface area contributed by atoms with Crippen LogP contribution in [0.5, 0.6) is 0 Å². The molecule has 0 amide bonds. The van der Waals surface area contributed by atoms with E-state index in [-0.39, 0.29) is 0 Å². The third-order valence-corrected chi connectivity index (χ3v) is 1.26. The van der Waals surface area contributed by atoms with Crippen LogP contribution in [0.15, 0.2) is 24.4 Å². The van der Waals surface area contributed by atoms with E-state index in [1.165, 1.54) is 6.08 Å². The molecule has 3 N–H and O–H groups in total. The van der Waals surface area contributed by atoms with E-state index in [9.17, 15) is 4.79 Å². The SMILES string of the molecule is Nc1cccnc1C=CC(=O)O. The molecule has 4 heteroatoms. The van der Waals surface area contributed by atoms with Crippen molar-refractivity contribution in [1.29, 1.82) is 0 Å². The fourth-order valence-corrected chi connectivity index (χ4v) is 0.719. The molecule has 1 aromatic rings. The summed E-state index contributed by atoms with van der Waals surface area (Å²) >= 11 is 0. The lowest BCUT2D eigenvalue weighted by Crippen LogP contribution is -1.92. The number of rotatable bonds is 2. The van der Waals surface area contributed by atoms with Crippen molar-refractivity contribution in [1.82, 2.24) is 4.98 Å². The standard InChI is InChI=1S/C8H8N2O2/c9-6-2-1-5-10-7(6)3-4-8(11)12/h1-5H,9H2,(H,11,12). The Morgan fingerprint density at radius 3 is 3.00 bits per heavy atom. The summed E-state index contributed by atoms with van der Waals surface area (Å²) in [5.74, 6) is -1.01. The van der Waals surface area contributed by atoms with Crippen LogP contribution in [0.1, 0.15) is 5.69 Å². The van der Waals surface area contributed by atoms with Crippen molar-refractivity contribution in [2.24, 2.45) is 0 Å². The van der Waals surface area contributed by atoms with E-state index >= 15 is 0 Å². The second-order valence-electron chi connectivity index (χ2n) is 2.15. The number of carbonyl (C=O) groups is 1. The zero-order valence-electron chi connectivity index (χ0n) is 6.27. The molecule has 0 saturated heterocycles. The average molecular weight is 164 g/mol. The van der Waals surface area contributed by atoms with Crippen LogP contribution in [0.3, 0.4) is 0 Å². The Balaban J connectivity index is 2.89. The summed E-state index contributed by atoms with van der Waals surface area (Å²) in [6.45, 7) is 0. The Morgan fingerprint density at radius 2 is 2.42 bits per heavy atom. The topological polar surface area (TPSA) is 76.2 Å². The second-order valence-corrected chi connectivity index (χ2v) is 2.15. The van der Waals surface area contributed by atoms with E-state index in [0.29, 0.717) is 11.4 Å². The molecule has 1 rings (SSSR count). The van der Waals surface area contributed by atoms with E-state index < -0.39 is 5.97 Å². The Bertz CT molecular complexity index is 321. The zero-order chi connectivity index (χ0) is 8.97. The minimum atomic E-state index is -1.01. The molecule has 0 radical (unpaired) electrons. The van der Waals surface area contributed by atoms with Gasteiger partial charge in [0.15, 0.2) is 0 Å². The number of hydrogen-bond donors (Lipinski definition) is 2. The highest BCUT2D eigenvalue weighted by molar-refractivity contribution is 5.85. The molecule has 0 aliphatic carbocycles. The lowest BCUT2D eigenvalue weighted by Gasteiger charge is -1.95. The lowest BCUT2D eigenvalue weighted by molar-refractivity contribution is -0.131. The van der Waals surface area contributed by atoms with Crippen molar-refractivity contribution in [2.45, 2.75) is 0 Å². The third-order valence-electron chi connectivity index (χ3n) is 1.26. The van der Waals surface area contributed by atoms with Crippen LogP contribution in [-0.2, 0) is 4.79 Å². The van der Waals surface area contributed by atoms with E-state index in [0.717, 1.165) is 6.08 Å². The fourth-order valence-electron chi connectivity index (χ4n) is 0.719. The molecule has 1 aromatic heterocycles. The van der Waals surface area contributed by atoms with Gasteiger partial charge in [-0.3, -0.25) is 4.98 Å². The summed E-state index contributed by atoms with van der Waals surface area (Å²) in [5.41, 5.74) is 6.44. The molecule has 0 bridgehead atoms. The maximum Gasteiger partial charge on any atom is 0.328 e. The molecule has 0 spiro atoms. The van der Waals surface area contributed by atoms with E-state index in [2.05, 4.69) is 4.98 Å². The highest BCUT2D eigenvalue weighted by Gasteiger charge is 1.94. The largest absolute Gasteiger partial charge is 0.478 e. The van der Waals surface area contributed by atoms with Crippen molar-refractivity contribution in [3.05, 3.63) is 30.1 Å². The molecule has 4 nitrogen and oxygen atoms in total. The predicted molar refractivity (Wildman–Crippen MR) is 45.3 cm³/mol. The highest BCUT2D eigenvalue weighted by Crippen LogP contribution is 2.07. The number of carboxylic acids is 1. The lowest BCUT2D eigenvalue weighted by atomic mass is 10.3. The Kier molecular flexibility index (Phi) is 2.42. The maximum atomic E-state index is 10.1. The summed E-state index contributed by atoms with van der Waals surface area (Å²) < 4.78 is 0. The van der Waals surface area contributed by atoms with Gasteiger partial charge in [0, 0.05) is 12.3 Å². The van der Waals surface area contributed by atoms with Gasteiger partial charge in [0.1, 0.15) is 0 Å². The van der Waals surface area contributed by atoms with Crippen molar-refractivity contribution in [3.63, 3.8) is 0 Å².